The standard InChI is InChI=1S/C12H19N5O7/c1-4(18)6(13)12(22)23-2-5-7(19)8(20)11(24-5)17-3-15-10(16-17)9(14)21/h3-8,11,18-20H,2,13H2,1H3,(H2,14,21)/t4-,5-,6+,7-,8-,11-/m1/s1. The van der Waals surface area contributed by atoms with Gasteiger partial charge in [-0.25, -0.2) is 9.67 Å². The fourth-order valence-corrected chi connectivity index (χ4v) is 2.05. The molecule has 2 rings (SSSR count). The van der Waals surface area contributed by atoms with Crippen molar-refractivity contribution in [1.82, 2.24) is 14.8 Å². The third-order valence-electron chi connectivity index (χ3n) is 3.51. The molecule has 0 spiro atoms. The van der Waals surface area contributed by atoms with Gasteiger partial charge in [0, 0.05) is 0 Å². The normalized spacial score (nSPS) is 29.2. The van der Waals surface area contributed by atoms with Crippen LogP contribution in [0.1, 0.15) is 23.8 Å². The van der Waals surface area contributed by atoms with E-state index in [2.05, 4.69) is 10.1 Å². The van der Waals surface area contributed by atoms with Gasteiger partial charge in [-0.2, -0.15) is 0 Å². The number of nitrogens with two attached hydrogens (primary N) is 2. The summed E-state index contributed by atoms with van der Waals surface area (Å²) < 4.78 is 11.3. The second-order valence-electron chi connectivity index (χ2n) is 5.36. The molecule has 0 aliphatic carbocycles. The summed E-state index contributed by atoms with van der Waals surface area (Å²) in [4.78, 5) is 26.2. The van der Waals surface area contributed by atoms with E-state index in [9.17, 15) is 24.9 Å². The van der Waals surface area contributed by atoms with Crippen LogP contribution in [0.25, 0.3) is 0 Å². The Balaban J connectivity index is 1.99. The lowest BCUT2D eigenvalue weighted by Gasteiger charge is -2.17. The highest BCUT2D eigenvalue weighted by Gasteiger charge is 2.45. The summed E-state index contributed by atoms with van der Waals surface area (Å²) in [6.45, 7) is 0.930. The van der Waals surface area contributed by atoms with Gasteiger partial charge in [0.2, 0.25) is 5.82 Å². The van der Waals surface area contributed by atoms with E-state index in [1.807, 2.05) is 0 Å². The van der Waals surface area contributed by atoms with Crippen LogP contribution in [0.3, 0.4) is 0 Å². The van der Waals surface area contributed by atoms with Gasteiger partial charge in [0.15, 0.2) is 6.23 Å². The first-order valence-electron chi connectivity index (χ1n) is 7.05. The maximum absolute atomic E-state index is 11.6. The van der Waals surface area contributed by atoms with E-state index < -0.39 is 55.2 Å². The van der Waals surface area contributed by atoms with E-state index in [1.165, 1.54) is 6.92 Å². The lowest BCUT2D eigenvalue weighted by Crippen LogP contribution is -2.43. The van der Waals surface area contributed by atoms with Crippen LogP contribution in [0.2, 0.25) is 0 Å². The number of esters is 1. The van der Waals surface area contributed by atoms with E-state index in [-0.39, 0.29) is 5.82 Å². The van der Waals surface area contributed by atoms with Gasteiger partial charge in [0.25, 0.3) is 5.91 Å². The highest BCUT2D eigenvalue weighted by Crippen LogP contribution is 2.29. The second-order valence-corrected chi connectivity index (χ2v) is 5.36. The molecule has 134 valence electrons. The van der Waals surface area contributed by atoms with Crippen molar-refractivity contribution in [3.63, 3.8) is 0 Å². The molecule has 0 unspecified atom stereocenters. The highest BCUT2D eigenvalue weighted by molar-refractivity contribution is 5.88. The topological polar surface area (TPSA) is 196 Å². The third kappa shape index (κ3) is 3.68. The average molecular weight is 345 g/mol. The van der Waals surface area contributed by atoms with Gasteiger partial charge < -0.3 is 36.3 Å². The molecule has 0 aromatic carbocycles. The summed E-state index contributed by atoms with van der Waals surface area (Å²) in [6.07, 6.45) is -4.98. The molecule has 2 heterocycles. The van der Waals surface area contributed by atoms with Gasteiger partial charge in [-0.05, 0) is 6.92 Å². The van der Waals surface area contributed by atoms with Crippen molar-refractivity contribution in [1.29, 1.82) is 0 Å². The van der Waals surface area contributed by atoms with Crippen molar-refractivity contribution in [3.05, 3.63) is 12.2 Å². The van der Waals surface area contributed by atoms with Crippen LogP contribution in [0.4, 0.5) is 0 Å². The minimum atomic E-state index is -1.40. The van der Waals surface area contributed by atoms with Gasteiger partial charge in [-0.15, -0.1) is 5.10 Å². The first-order chi connectivity index (χ1) is 11.2. The smallest absolute Gasteiger partial charge is 0.325 e. The number of primary amides is 1. The van der Waals surface area contributed by atoms with E-state index in [0.29, 0.717) is 0 Å². The van der Waals surface area contributed by atoms with Crippen molar-refractivity contribution >= 4 is 11.9 Å². The van der Waals surface area contributed by atoms with Crippen LogP contribution in [0, 0.1) is 0 Å². The Kier molecular flexibility index (Phi) is 5.46. The Labute approximate surface area is 136 Å². The molecule has 7 N–H and O–H groups in total. The molecule has 0 saturated carbocycles. The number of amides is 1. The van der Waals surface area contributed by atoms with Crippen molar-refractivity contribution in [2.24, 2.45) is 11.5 Å². The summed E-state index contributed by atoms with van der Waals surface area (Å²) in [7, 11) is 0. The summed E-state index contributed by atoms with van der Waals surface area (Å²) in [5, 5.41) is 32.9. The van der Waals surface area contributed by atoms with Crippen LogP contribution >= 0.6 is 0 Å². The number of rotatable bonds is 6. The Morgan fingerprint density at radius 3 is 2.67 bits per heavy atom. The number of hydrogen-bond acceptors (Lipinski definition) is 10. The largest absolute Gasteiger partial charge is 0.462 e. The van der Waals surface area contributed by atoms with Crippen molar-refractivity contribution in [2.75, 3.05) is 6.61 Å². The predicted octanol–water partition coefficient (Wildman–Crippen LogP) is -3.75. The number of aromatic nitrogens is 3. The van der Waals surface area contributed by atoms with E-state index in [1.54, 1.807) is 0 Å². The molecule has 24 heavy (non-hydrogen) atoms. The van der Waals surface area contributed by atoms with Crippen molar-refractivity contribution in [3.8, 4) is 0 Å². The molecule has 0 bridgehead atoms. The van der Waals surface area contributed by atoms with Crippen molar-refractivity contribution < 1.29 is 34.4 Å². The minimum absolute atomic E-state index is 0.280. The molecule has 12 heteroatoms. The van der Waals surface area contributed by atoms with Gasteiger partial charge in [-0.3, -0.25) is 9.59 Å². The van der Waals surface area contributed by atoms with E-state index in [4.69, 9.17) is 20.9 Å². The van der Waals surface area contributed by atoms with E-state index >= 15 is 0 Å². The first-order valence-corrected chi connectivity index (χ1v) is 7.05. The minimum Gasteiger partial charge on any atom is -0.462 e. The molecule has 1 aromatic heterocycles. The number of hydrogen-bond donors (Lipinski definition) is 5. The highest BCUT2D eigenvalue weighted by atomic mass is 16.6. The molecule has 1 aliphatic heterocycles. The molecule has 0 radical (unpaired) electrons. The summed E-state index contributed by atoms with van der Waals surface area (Å²) in [6, 6.07) is -1.24. The average Bonchev–Trinajstić information content (AvgIpc) is 3.11. The lowest BCUT2D eigenvalue weighted by molar-refractivity contribution is -0.154. The van der Waals surface area contributed by atoms with Gasteiger partial charge in [0.1, 0.15) is 37.3 Å². The number of nitrogens with zero attached hydrogens (tertiary/aromatic N) is 3. The van der Waals surface area contributed by atoms with Gasteiger partial charge >= 0.3 is 5.97 Å². The first kappa shape index (κ1) is 18.2. The number of carbonyl (C=O) groups excluding carboxylic acids is 2. The maximum atomic E-state index is 11.6. The number of ether oxygens (including phenoxy) is 2. The van der Waals surface area contributed by atoms with Crippen LogP contribution in [-0.2, 0) is 14.3 Å². The summed E-state index contributed by atoms with van der Waals surface area (Å²) in [5.74, 6) is -2.02. The van der Waals surface area contributed by atoms with Crippen molar-refractivity contribution in [2.45, 2.75) is 43.6 Å². The lowest BCUT2D eigenvalue weighted by atomic mass is 10.1. The maximum Gasteiger partial charge on any atom is 0.325 e. The number of aliphatic hydroxyl groups excluding tert-OH is 3. The Morgan fingerprint density at radius 1 is 1.46 bits per heavy atom. The Hall–Kier alpha value is -2.12. The summed E-state index contributed by atoms with van der Waals surface area (Å²) in [5.41, 5.74) is 10.4. The van der Waals surface area contributed by atoms with Gasteiger partial charge in [-0.1, -0.05) is 0 Å². The van der Waals surface area contributed by atoms with Crippen LogP contribution in [-0.4, -0.2) is 79.0 Å². The second kappa shape index (κ2) is 7.19. The van der Waals surface area contributed by atoms with Crippen LogP contribution < -0.4 is 11.5 Å². The molecular formula is C12H19N5O7. The molecule has 1 aromatic rings. The van der Waals surface area contributed by atoms with Crippen LogP contribution in [0.15, 0.2) is 6.33 Å². The predicted molar refractivity (Wildman–Crippen MR) is 75.1 cm³/mol. The zero-order valence-electron chi connectivity index (χ0n) is 12.7. The molecule has 1 amide bonds. The molecule has 1 fully saturated rings. The van der Waals surface area contributed by atoms with E-state index in [0.717, 1.165) is 11.0 Å². The zero-order chi connectivity index (χ0) is 18.0. The third-order valence-corrected chi connectivity index (χ3v) is 3.51. The molecule has 1 aliphatic rings. The Morgan fingerprint density at radius 2 is 2.12 bits per heavy atom. The molecular weight excluding hydrogens is 326 g/mol. The number of aliphatic hydroxyl groups is 3. The molecule has 1 saturated heterocycles. The molecule has 6 atom stereocenters. The monoisotopic (exact) mass is 345 g/mol. The molecule has 12 nitrogen and oxygen atoms in total. The number of carbonyl (C=O) groups is 2. The zero-order valence-corrected chi connectivity index (χ0v) is 12.7. The Bertz CT molecular complexity index is 606. The quantitative estimate of drug-likeness (QED) is 0.319. The van der Waals surface area contributed by atoms with Crippen LogP contribution in [0.5, 0.6) is 0 Å². The fourth-order valence-electron chi connectivity index (χ4n) is 2.05. The SMILES string of the molecule is C[C@@H](O)[C@H](N)C(=O)OC[C@H]1O[C@@H](n2cnc(C(N)=O)n2)[C@H](O)[C@@H]1O. The summed E-state index contributed by atoms with van der Waals surface area (Å²) >= 11 is 0. The van der Waals surface area contributed by atoms with Gasteiger partial charge in [0.05, 0.1) is 6.10 Å². The fraction of sp³-hybridized carbons (Fsp3) is 0.667.